The number of aromatic nitrogens is 1. The van der Waals surface area contributed by atoms with Crippen LogP contribution < -0.4 is 16.0 Å². The smallest absolute Gasteiger partial charge is 0.356 e. The first-order valence-electron chi connectivity index (χ1n) is 9.62. The molecule has 0 radical (unpaired) electrons. The number of hydrogen-bond acceptors (Lipinski definition) is 6. The molecule has 31 heavy (non-hydrogen) atoms. The number of alkyl halides is 3. The van der Waals surface area contributed by atoms with E-state index >= 15 is 0 Å². The van der Waals surface area contributed by atoms with E-state index in [2.05, 4.69) is 20.3 Å². The minimum Gasteiger partial charge on any atom is -0.356 e. The van der Waals surface area contributed by atoms with Gasteiger partial charge >= 0.3 is 6.18 Å². The molecule has 1 aromatic heterocycles. The van der Waals surface area contributed by atoms with Crippen LogP contribution in [0.1, 0.15) is 55.3 Å². The number of hydrogen-bond donors (Lipinski definition) is 3. The van der Waals surface area contributed by atoms with E-state index in [1.807, 2.05) is 6.07 Å². The number of carbonyl (C=O) groups excluding carboxylic acids is 3. The fourth-order valence-corrected chi connectivity index (χ4v) is 3.84. The minimum absolute atomic E-state index is 0.108. The molecule has 1 aliphatic rings. The largest absolute Gasteiger partial charge is 0.427 e. The van der Waals surface area contributed by atoms with Crippen molar-refractivity contribution in [2.45, 2.75) is 58.3 Å². The van der Waals surface area contributed by atoms with Gasteiger partial charge in [-0.15, -0.1) is 0 Å². The van der Waals surface area contributed by atoms with Gasteiger partial charge in [-0.3, -0.25) is 14.4 Å². The molecule has 0 unspecified atom stereocenters. The number of nitrogens with zero attached hydrogens (tertiary/aromatic N) is 2. The lowest BCUT2D eigenvalue weighted by Gasteiger charge is -2.27. The molecule has 2 rings (SSSR count). The van der Waals surface area contributed by atoms with Gasteiger partial charge in [-0.05, 0) is 36.2 Å². The quantitative estimate of drug-likeness (QED) is 0.577. The van der Waals surface area contributed by atoms with Crippen LogP contribution in [0.2, 0.25) is 0 Å². The number of nitrogens with one attached hydrogen (secondary N) is 3. The molecule has 3 amide bonds. The van der Waals surface area contributed by atoms with Gasteiger partial charge in [-0.2, -0.15) is 22.8 Å². The Balaban J connectivity index is 2.15. The summed E-state index contributed by atoms with van der Waals surface area (Å²) in [4.78, 5) is 35.9. The lowest BCUT2D eigenvalue weighted by atomic mass is 9.87. The molecule has 0 saturated carbocycles. The van der Waals surface area contributed by atoms with E-state index in [1.165, 1.54) is 0 Å². The summed E-state index contributed by atoms with van der Waals surface area (Å²) >= 11 is 0.148. The van der Waals surface area contributed by atoms with Gasteiger partial charge in [0, 0.05) is 12.5 Å². The van der Waals surface area contributed by atoms with Crippen molar-refractivity contribution < 1.29 is 27.6 Å². The zero-order valence-corrected chi connectivity index (χ0v) is 18.1. The van der Waals surface area contributed by atoms with Gasteiger partial charge in [0.2, 0.25) is 11.8 Å². The maximum atomic E-state index is 13.1. The first-order valence-corrected chi connectivity index (χ1v) is 10.4. The van der Waals surface area contributed by atoms with Gasteiger partial charge in [0.25, 0.3) is 5.91 Å². The van der Waals surface area contributed by atoms with E-state index in [0.717, 1.165) is 6.20 Å². The van der Waals surface area contributed by atoms with Crippen molar-refractivity contribution in [1.29, 1.82) is 5.26 Å². The summed E-state index contributed by atoms with van der Waals surface area (Å²) < 4.78 is 42.7. The fraction of sp³-hybridized carbons (Fsp3) is 0.632. The molecular weight excluding hydrogens is 435 g/mol. The van der Waals surface area contributed by atoms with Gasteiger partial charge in [0.15, 0.2) is 0 Å². The summed E-state index contributed by atoms with van der Waals surface area (Å²) in [6.07, 6.45) is -3.17. The summed E-state index contributed by atoms with van der Waals surface area (Å²) in [6, 6.07) is -0.230. The SMILES string of the molecule is CC(C)(C)C[C@H](NC(=O)c1cnsc1C(F)(F)F)C(=O)N[C@H](C#N)C[C@@H]1CCNC1=O. The molecule has 0 aromatic carbocycles. The number of carbonyl (C=O) groups is 3. The molecule has 3 N–H and O–H groups in total. The van der Waals surface area contributed by atoms with E-state index in [0.29, 0.717) is 13.0 Å². The predicted molar refractivity (Wildman–Crippen MR) is 106 cm³/mol. The van der Waals surface area contributed by atoms with Crippen molar-refractivity contribution >= 4 is 29.3 Å². The Labute approximate surface area is 181 Å². The monoisotopic (exact) mass is 459 g/mol. The van der Waals surface area contributed by atoms with Crippen LogP contribution in [0, 0.1) is 22.7 Å². The fourth-order valence-electron chi connectivity index (χ4n) is 3.23. The summed E-state index contributed by atoms with van der Waals surface area (Å²) in [7, 11) is 0. The maximum Gasteiger partial charge on any atom is 0.427 e. The van der Waals surface area contributed by atoms with Crippen LogP contribution in [0.5, 0.6) is 0 Å². The zero-order valence-electron chi connectivity index (χ0n) is 17.3. The third-order valence-corrected chi connectivity index (χ3v) is 5.51. The van der Waals surface area contributed by atoms with Crippen molar-refractivity contribution in [3.05, 3.63) is 16.6 Å². The van der Waals surface area contributed by atoms with Crippen molar-refractivity contribution in [1.82, 2.24) is 20.3 Å². The number of nitriles is 1. The lowest BCUT2D eigenvalue weighted by Crippen LogP contribution is -2.51. The highest BCUT2D eigenvalue weighted by atomic mass is 32.1. The molecule has 2 heterocycles. The summed E-state index contributed by atoms with van der Waals surface area (Å²) in [5, 5.41) is 16.9. The first kappa shape index (κ1) is 24.6. The molecule has 12 heteroatoms. The van der Waals surface area contributed by atoms with Gasteiger partial charge in [0.05, 0.1) is 17.8 Å². The zero-order chi connectivity index (χ0) is 23.4. The molecule has 1 fully saturated rings. The summed E-state index contributed by atoms with van der Waals surface area (Å²) in [5.74, 6) is -2.38. The highest BCUT2D eigenvalue weighted by molar-refractivity contribution is 7.06. The van der Waals surface area contributed by atoms with Gasteiger partial charge in [-0.25, -0.2) is 0 Å². The molecule has 170 valence electrons. The lowest BCUT2D eigenvalue weighted by molar-refractivity contribution is -0.134. The topological polar surface area (TPSA) is 124 Å². The second-order valence-corrected chi connectivity index (χ2v) is 9.36. The van der Waals surface area contributed by atoms with Crippen molar-refractivity contribution in [3.63, 3.8) is 0 Å². The molecule has 1 saturated heterocycles. The molecule has 0 spiro atoms. The highest BCUT2D eigenvalue weighted by Gasteiger charge is 2.39. The van der Waals surface area contributed by atoms with Crippen molar-refractivity contribution in [2.75, 3.05) is 6.54 Å². The molecule has 0 aliphatic carbocycles. The van der Waals surface area contributed by atoms with Crippen LogP contribution in [0.3, 0.4) is 0 Å². The molecule has 8 nitrogen and oxygen atoms in total. The minimum atomic E-state index is -4.75. The molecule has 0 bridgehead atoms. The van der Waals surface area contributed by atoms with E-state index in [-0.39, 0.29) is 30.3 Å². The van der Waals surface area contributed by atoms with E-state index in [9.17, 15) is 32.8 Å². The predicted octanol–water partition coefficient (Wildman–Crippen LogP) is 2.23. The second-order valence-electron chi connectivity index (χ2n) is 8.56. The van der Waals surface area contributed by atoms with Crippen LogP contribution in [-0.2, 0) is 15.8 Å². The summed E-state index contributed by atoms with van der Waals surface area (Å²) in [5.41, 5.74) is -1.12. The van der Waals surface area contributed by atoms with Crippen LogP contribution in [0.25, 0.3) is 0 Å². The van der Waals surface area contributed by atoms with Crippen molar-refractivity contribution in [3.8, 4) is 6.07 Å². The number of halogens is 3. The first-order chi connectivity index (χ1) is 14.3. The van der Waals surface area contributed by atoms with Crippen LogP contribution in [-0.4, -0.2) is 40.7 Å². The normalized spacial score (nSPS) is 18.6. The molecular formula is C19H24F3N5O3S. The van der Waals surface area contributed by atoms with Crippen LogP contribution >= 0.6 is 11.5 Å². The van der Waals surface area contributed by atoms with Gasteiger partial charge < -0.3 is 16.0 Å². The van der Waals surface area contributed by atoms with E-state index < -0.39 is 51.8 Å². The Morgan fingerprint density at radius 2 is 2.03 bits per heavy atom. The maximum absolute atomic E-state index is 13.1. The standard InChI is InChI=1S/C19H24F3N5O3S/c1-18(2,3)7-13(27-16(29)12-9-25-31-14(12)19(20,21)22)17(30)26-11(8-23)6-10-4-5-24-15(10)28/h9-11,13H,4-7H2,1-3H3,(H,24,28)(H,26,30)(H,27,29)/t10-,11-,13-/m0/s1. The Morgan fingerprint density at radius 3 is 2.55 bits per heavy atom. The Kier molecular flexibility index (Phi) is 7.64. The van der Waals surface area contributed by atoms with Gasteiger partial charge in [-0.1, -0.05) is 20.8 Å². The Hall–Kier alpha value is -2.68. The third-order valence-electron chi connectivity index (χ3n) is 4.67. The van der Waals surface area contributed by atoms with Crippen molar-refractivity contribution in [2.24, 2.45) is 11.3 Å². The summed E-state index contributed by atoms with van der Waals surface area (Å²) in [6.45, 7) is 5.90. The van der Waals surface area contributed by atoms with Crippen LogP contribution in [0.4, 0.5) is 13.2 Å². The molecule has 1 aliphatic heterocycles. The van der Waals surface area contributed by atoms with E-state index in [4.69, 9.17) is 0 Å². The molecule has 3 atom stereocenters. The van der Waals surface area contributed by atoms with Crippen LogP contribution in [0.15, 0.2) is 6.20 Å². The average molecular weight is 459 g/mol. The number of amides is 3. The second kappa shape index (κ2) is 9.64. The van der Waals surface area contributed by atoms with Gasteiger partial charge in [0.1, 0.15) is 17.0 Å². The average Bonchev–Trinajstić information content (AvgIpc) is 3.28. The van der Waals surface area contributed by atoms with E-state index in [1.54, 1.807) is 20.8 Å². The molecule has 1 aromatic rings. The Bertz CT molecular complexity index is 872. The Morgan fingerprint density at radius 1 is 1.35 bits per heavy atom. The number of rotatable bonds is 7. The highest BCUT2D eigenvalue weighted by Crippen LogP contribution is 2.34. The third kappa shape index (κ3) is 6.92.